The molecule has 8 heteroatoms. The van der Waals surface area contributed by atoms with Crippen molar-refractivity contribution >= 4 is 27.7 Å². The van der Waals surface area contributed by atoms with Crippen LogP contribution in [0.3, 0.4) is 0 Å². The first-order chi connectivity index (χ1) is 7.07. The SMILES string of the molecule is C=CCNC(=O)c1n[nH]c([N+](=O)[O-])c1Br. The van der Waals surface area contributed by atoms with Crippen LogP contribution in [-0.2, 0) is 0 Å². The van der Waals surface area contributed by atoms with E-state index in [1.165, 1.54) is 6.08 Å². The lowest BCUT2D eigenvalue weighted by atomic mass is 10.4. The quantitative estimate of drug-likeness (QED) is 0.486. The predicted molar refractivity (Wildman–Crippen MR) is 55.5 cm³/mol. The first kappa shape index (κ1) is 11.4. The number of rotatable bonds is 4. The summed E-state index contributed by atoms with van der Waals surface area (Å²) >= 11 is 2.92. The van der Waals surface area contributed by atoms with Crippen molar-refractivity contribution < 1.29 is 9.72 Å². The molecule has 0 radical (unpaired) electrons. The van der Waals surface area contributed by atoms with Crippen LogP contribution in [0.1, 0.15) is 10.5 Å². The van der Waals surface area contributed by atoms with Gasteiger partial charge in [0, 0.05) is 6.54 Å². The maximum atomic E-state index is 11.4. The van der Waals surface area contributed by atoms with Crippen molar-refractivity contribution in [1.29, 1.82) is 0 Å². The maximum absolute atomic E-state index is 11.4. The number of nitrogens with zero attached hydrogens (tertiary/aromatic N) is 2. The number of amides is 1. The zero-order valence-electron chi connectivity index (χ0n) is 7.49. The van der Waals surface area contributed by atoms with Crippen LogP contribution in [0.4, 0.5) is 5.82 Å². The normalized spacial score (nSPS) is 9.67. The summed E-state index contributed by atoms with van der Waals surface area (Å²) in [5.41, 5.74) is -0.0523. The zero-order valence-corrected chi connectivity index (χ0v) is 9.07. The molecule has 15 heavy (non-hydrogen) atoms. The Labute approximate surface area is 92.8 Å². The number of carbonyl (C=O) groups excluding carboxylic acids is 1. The molecule has 0 fully saturated rings. The lowest BCUT2D eigenvalue weighted by Gasteiger charge is -1.97. The van der Waals surface area contributed by atoms with Gasteiger partial charge >= 0.3 is 5.82 Å². The summed E-state index contributed by atoms with van der Waals surface area (Å²) in [7, 11) is 0. The second-order valence-corrected chi connectivity index (χ2v) is 3.28. The molecule has 1 heterocycles. The number of nitro groups is 1. The summed E-state index contributed by atoms with van der Waals surface area (Å²) in [6, 6.07) is 0. The molecular formula is C7H7BrN4O3. The van der Waals surface area contributed by atoms with E-state index >= 15 is 0 Å². The molecule has 1 aromatic heterocycles. The van der Waals surface area contributed by atoms with Crippen LogP contribution in [0.2, 0.25) is 0 Å². The van der Waals surface area contributed by atoms with Gasteiger partial charge in [-0.15, -0.1) is 11.7 Å². The molecule has 0 atom stereocenters. The molecule has 80 valence electrons. The van der Waals surface area contributed by atoms with Gasteiger partial charge in [-0.05, 0) is 20.9 Å². The van der Waals surface area contributed by atoms with Gasteiger partial charge in [0.1, 0.15) is 4.47 Å². The van der Waals surface area contributed by atoms with Gasteiger partial charge in [0.2, 0.25) is 0 Å². The van der Waals surface area contributed by atoms with Gasteiger partial charge in [-0.25, -0.2) is 0 Å². The summed E-state index contributed by atoms with van der Waals surface area (Å²) in [5.74, 6) is -0.857. The van der Waals surface area contributed by atoms with Crippen molar-refractivity contribution in [2.24, 2.45) is 0 Å². The second kappa shape index (κ2) is 4.69. The second-order valence-electron chi connectivity index (χ2n) is 2.49. The number of aromatic nitrogens is 2. The van der Waals surface area contributed by atoms with Crippen LogP contribution < -0.4 is 5.32 Å². The third-order valence-electron chi connectivity index (χ3n) is 1.49. The fourth-order valence-corrected chi connectivity index (χ4v) is 1.34. The van der Waals surface area contributed by atoms with E-state index in [0.29, 0.717) is 0 Å². The molecule has 0 spiro atoms. The minimum Gasteiger partial charge on any atom is -0.358 e. The monoisotopic (exact) mass is 274 g/mol. The van der Waals surface area contributed by atoms with Crippen molar-refractivity contribution in [2.45, 2.75) is 0 Å². The number of hydrogen-bond donors (Lipinski definition) is 2. The van der Waals surface area contributed by atoms with Gasteiger partial charge in [0.25, 0.3) is 5.91 Å². The van der Waals surface area contributed by atoms with Crippen molar-refractivity contribution in [1.82, 2.24) is 15.5 Å². The summed E-state index contributed by atoms with van der Waals surface area (Å²) in [6.45, 7) is 3.69. The number of carbonyl (C=O) groups is 1. The number of aromatic amines is 1. The number of H-pyrrole nitrogens is 1. The molecule has 0 saturated carbocycles. The molecule has 1 amide bonds. The fourth-order valence-electron chi connectivity index (χ4n) is 0.839. The largest absolute Gasteiger partial charge is 0.358 e. The molecule has 0 bridgehead atoms. The van der Waals surface area contributed by atoms with Crippen LogP contribution in [0, 0.1) is 10.1 Å². The molecule has 0 aliphatic rings. The topological polar surface area (TPSA) is 101 Å². The molecule has 2 N–H and O–H groups in total. The Morgan fingerprint density at radius 2 is 2.47 bits per heavy atom. The Hall–Kier alpha value is -1.70. The first-order valence-electron chi connectivity index (χ1n) is 3.85. The highest BCUT2D eigenvalue weighted by atomic mass is 79.9. The Morgan fingerprint density at radius 3 is 2.93 bits per heavy atom. The molecule has 0 aliphatic carbocycles. The lowest BCUT2D eigenvalue weighted by Crippen LogP contribution is -2.23. The number of halogens is 1. The van der Waals surface area contributed by atoms with Crippen molar-refractivity contribution in [2.75, 3.05) is 6.54 Å². The van der Waals surface area contributed by atoms with Gasteiger partial charge < -0.3 is 15.4 Å². The van der Waals surface area contributed by atoms with Crippen LogP contribution in [0.15, 0.2) is 17.1 Å². The third-order valence-corrected chi connectivity index (χ3v) is 2.25. The summed E-state index contributed by atoms with van der Waals surface area (Å²) in [6.07, 6.45) is 1.49. The van der Waals surface area contributed by atoms with Crippen molar-refractivity contribution in [3.63, 3.8) is 0 Å². The van der Waals surface area contributed by atoms with Gasteiger partial charge in [-0.2, -0.15) is 0 Å². The summed E-state index contributed by atoms with van der Waals surface area (Å²) in [4.78, 5) is 21.1. The lowest BCUT2D eigenvalue weighted by molar-refractivity contribution is -0.390. The van der Waals surface area contributed by atoms with E-state index < -0.39 is 10.8 Å². The van der Waals surface area contributed by atoms with Gasteiger partial charge in [-0.3, -0.25) is 4.79 Å². The first-order valence-corrected chi connectivity index (χ1v) is 4.64. The van der Waals surface area contributed by atoms with E-state index in [1.54, 1.807) is 0 Å². The molecule has 1 rings (SSSR count). The minimum absolute atomic E-state index is 0.0362. The van der Waals surface area contributed by atoms with E-state index in [2.05, 4.69) is 38.0 Å². The van der Waals surface area contributed by atoms with Crippen LogP contribution >= 0.6 is 15.9 Å². The predicted octanol–water partition coefficient (Wildman–Crippen LogP) is 0.996. The van der Waals surface area contributed by atoms with Crippen LogP contribution in [0.5, 0.6) is 0 Å². The Bertz CT molecular complexity index is 414. The van der Waals surface area contributed by atoms with E-state index in [-0.39, 0.29) is 22.5 Å². The molecule has 0 aliphatic heterocycles. The smallest absolute Gasteiger partial charge is 0.357 e. The number of nitrogens with one attached hydrogen (secondary N) is 2. The van der Waals surface area contributed by atoms with Crippen LogP contribution in [0.25, 0.3) is 0 Å². The van der Waals surface area contributed by atoms with Crippen molar-refractivity contribution in [3.05, 3.63) is 32.9 Å². The highest BCUT2D eigenvalue weighted by Crippen LogP contribution is 2.25. The van der Waals surface area contributed by atoms with Gasteiger partial charge in [-0.1, -0.05) is 11.2 Å². The van der Waals surface area contributed by atoms with E-state index in [4.69, 9.17) is 0 Å². The van der Waals surface area contributed by atoms with E-state index in [0.717, 1.165) is 0 Å². The van der Waals surface area contributed by atoms with E-state index in [1.807, 2.05) is 0 Å². The zero-order chi connectivity index (χ0) is 11.4. The fraction of sp³-hybridized carbons (Fsp3) is 0.143. The molecular weight excluding hydrogens is 268 g/mol. The highest BCUT2D eigenvalue weighted by Gasteiger charge is 2.23. The standard InChI is InChI=1S/C7H7BrN4O3/c1-2-3-9-7(13)5-4(8)6(11-10-5)12(14)15/h2H,1,3H2,(H,9,13)(H,10,11). The summed E-state index contributed by atoms with van der Waals surface area (Å²) in [5, 5.41) is 18.6. The molecule has 1 aromatic rings. The minimum atomic E-state index is -0.665. The average Bonchev–Trinajstić information content (AvgIpc) is 2.56. The number of hydrogen-bond acceptors (Lipinski definition) is 4. The maximum Gasteiger partial charge on any atom is 0.357 e. The van der Waals surface area contributed by atoms with Gasteiger partial charge in [0.15, 0.2) is 5.69 Å². The Kier molecular flexibility index (Phi) is 3.56. The van der Waals surface area contributed by atoms with Crippen molar-refractivity contribution in [3.8, 4) is 0 Å². The highest BCUT2D eigenvalue weighted by molar-refractivity contribution is 9.10. The van der Waals surface area contributed by atoms with Gasteiger partial charge in [0.05, 0.1) is 0 Å². The molecule has 0 aromatic carbocycles. The molecule has 7 nitrogen and oxygen atoms in total. The van der Waals surface area contributed by atoms with E-state index in [9.17, 15) is 14.9 Å². The molecule has 0 unspecified atom stereocenters. The average molecular weight is 275 g/mol. The van der Waals surface area contributed by atoms with Crippen LogP contribution in [-0.4, -0.2) is 27.6 Å². The Morgan fingerprint density at radius 1 is 1.80 bits per heavy atom. The summed E-state index contributed by atoms with van der Waals surface area (Å²) < 4.78 is 0.0362. The molecule has 0 saturated heterocycles. The third kappa shape index (κ3) is 2.40. The Balaban J connectivity index is 2.91.